The summed E-state index contributed by atoms with van der Waals surface area (Å²) in [6.45, 7) is 5.08. The molecule has 1 aliphatic heterocycles. The van der Waals surface area contributed by atoms with E-state index >= 15 is 0 Å². The van der Waals surface area contributed by atoms with Crippen LogP contribution in [0, 0.1) is 5.82 Å². The maximum atomic E-state index is 14.3. The van der Waals surface area contributed by atoms with Gasteiger partial charge in [-0.05, 0) is 36.8 Å². The Hall–Kier alpha value is -1.69. The van der Waals surface area contributed by atoms with Gasteiger partial charge in [0.05, 0.1) is 10.7 Å². The molecule has 2 heterocycles. The lowest BCUT2D eigenvalue weighted by atomic mass is 10.1. The van der Waals surface area contributed by atoms with Gasteiger partial charge in [0, 0.05) is 44.5 Å². The highest BCUT2D eigenvalue weighted by Gasteiger charge is 2.21. The number of halogens is 3. The number of benzene rings is 1. The van der Waals surface area contributed by atoms with Gasteiger partial charge in [-0.15, -0.1) is 0 Å². The summed E-state index contributed by atoms with van der Waals surface area (Å²) in [6.07, 6.45) is 1.64. The molecular weight excluding hydrogens is 364 g/mol. The number of ketones is 1. The Kier molecular flexibility index (Phi) is 5.57. The van der Waals surface area contributed by atoms with E-state index in [2.05, 4.69) is 9.88 Å². The molecule has 1 fully saturated rings. The number of aromatic nitrogens is 1. The Morgan fingerprint density at radius 2 is 1.92 bits per heavy atom. The zero-order chi connectivity index (χ0) is 18.0. The lowest BCUT2D eigenvalue weighted by Crippen LogP contribution is -2.46. The number of piperazine rings is 1. The van der Waals surface area contributed by atoms with Crippen molar-refractivity contribution in [1.82, 2.24) is 9.88 Å². The van der Waals surface area contributed by atoms with Crippen molar-refractivity contribution in [3.05, 3.63) is 57.6 Å². The topological polar surface area (TPSA) is 36.4 Å². The highest BCUT2D eigenvalue weighted by molar-refractivity contribution is 6.41. The number of pyridine rings is 1. The van der Waals surface area contributed by atoms with Gasteiger partial charge in [-0.1, -0.05) is 23.2 Å². The molecule has 0 bridgehead atoms. The molecule has 0 unspecified atom stereocenters. The Morgan fingerprint density at radius 1 is 1.20 bits per heavy atom. The standard InChI is InChI=1S/C18H18Cl2FN3O/c1-12(25)13-2-3-16(15(21)10-13)24-8-6-23(7-9-24)11-14-4-5-22-18(20)17(14)19/h2-5,10H,6-9,11H2,1H3. The van der Waals surface area contributed by atoms with Crippen molar-refractivity contribution >= 4 is 34.7 Å². The molecule has 7 heteroatoms. The molecule has 3 rings (SSSR count). The van der Waals surface area contributed by atoms with E-state index in [-0.39, 0.29) is 11.6 Å². The SMILES string of the molecule is CC(=O)c1ccc(N2CCN(Cc3ccnc(Cl)c3Cl)CC2)c(F)c1. The summed E-state index contributed by atoms with van der Waals surface area (Å²) in [5.41, 5.74) is 1.87. The molecule has 0 saturated carbocycles. The Morgan fingerprint density at radius 3 is 2.56 bits per heavy atom. The Bertz CT molecular complexity index is 792. The van der Waals surface area contributed by atoms with Crippen molar-refractivity contribution < 1.29 is 9.18 Å². The fourth-order valence-corrected chi connectivity index (χ4v) is 3.30. The van der Waals surface area contributed by atoms with E-state index in [0.29, 0.717) is 41.1 Å². The summed E-state index contributed by atoms with van der Waals surface area (Å²) in [4.78, 5) is 19.5. The third-order valence-electron chi connectivity index (χ3n) is 4.39. The molecule has 0 aliphatic carbocycles. The number of Topliss-reactive ketones (excluding diaryl/α,β-unsaturated/α-hetero) is 1. The zero-order valence-corrected chi connectivity index (χ0v) is 15.3. The molecule has 0 amide bonds. The highest BCUT2D eigenvalue weighted by atomic mass is 35.5. The van der Waals surface area contributed by atoms with Gasteiger partial charge in [0.25, 0.3) is 0 Å². The molecule has 1 aromatic heterocycles. The number of anilines is 1. The van der Waals surface area contributed by atoms with Crippen molar-refractivity contribution in [3.63, 3.8) is 0 Å². The Balaban J connectivity index is 1.64. The van der Waals surface area contributed by atoms with Crippen molar-refractivity contribution in [3.8, 4) is 0 Å². The number of carbonyl (C=O) groups excluding carboxylic acids is 1. The summed E-state index contributed by atoms with van der Waals surface area (Å²) < 4.78 is 14.3. The molecule has 132 valence electrons. The van der Waals surface area contributed by atoms with Crippen molar-refractivity contribution in [2.24, 2.45) is 0 Å². The van der Waals surface area contributed by atoms with Crippen LogP contribution in [-0.2, 0) is 6.54 Å². The second-order valence-electron chi connectivity index (χ2n) is 6.06. The van der Waals surface area contributed by atoms with Gasteiger partial charge >= 0.3 is 0 Å². The summed E-state index contributed by atoms with van der Waals surface area (Å²) in [5, 5.41) is 0.794. The smallest absolute Gasteiger partial charge is 0.159 e. The minimum atomic E-state index is -0.356. The third-order valence-corrected chi connectivity index (χ3v) is 5.19. The van der Waals surface area contributed by atoms with Crippen LogP contribution in [0.15, 0.2) is 30.5 Å². The monoisotopic (exact) mass is 381 g/mol. The van der Waals surface area contributed by atoms with E-state index in [1.807, 2.05) is 11.0 Å². The van der Waals surface area contributed by atoms with E-state index < -0.39 is 0 Å². The van der Waals surface area contributed by atoms with Crippen LogP contribution in [0.25, 0.3) is 0 Å². The molecule has 25 heavy (non-hydrogen) atoms. The van der Waals surface area contributed by atoms with E-state index in [9.17, 15) is 9.18 Å². The van der Waals surface area contributed by atoms with Crippen LogP contribution in [0.3, 0.4) is 0 Å². The second-order valence-corrected chi connectivity index (χ2v) is 6.80. The van der Waals surface area contributed by atoms with Crippen LogP contribution in [-0.4, -0.2) is 41.8 Å². The molecule has 1 saturated heterocycles. The van der Waals surface area contributed by atoms with Gasteiger partial charge in [-0.25, -0.2) is 9.37 Å². The molecular formula is C18H18Cl2FN3O. The van der Waals surface area contributed by atoms with Crippen LogP contribution >= 0.6 is 23.2 Å². The predicted octanol–water partition coefficient (Wildman–Crippen LogP) is 4.05. The van der Waals surface area contributed by atoms with Crippen LogP contribution in [0.2, 0.25) is 10.2 Å². The van der Waals surface area contributed by atoms with Crippen LogP contribution in [0.4, 0.5) is 10.1 Å². The third kappa shape index (κ3) is 4.11. The number of hydrogen-bond donors (Lipinski definition) is 0. The van der Waals surface area contributed by atoms with Crippen LogP contribution in [0.5, 0.6) is 0 Å². The van der Waals surface area contributed by atoms with Gasteiger partial charge < -0.3 is 4.90 Å². The first-order valence-corrected chi connectivity index (χ1v) is 8.78. The van der Waals surface area contributed by atoms with Gasteiger partial charge in [-0.2, -0.15) is 0 Å². The minimum absolute atomic E-state index is 0.136. The maximum Gasteiger partial charge on any atom is 0.159 e. The lowest BCUT2D eigenvalue weighted by molar-refractivity contribution is 0.101. The van der Waals surface area contributed by atoms with E-state index in [1.165, 1.54) is 13.0 Å². The molecule has 4 nitrogen and oxygen atoms in total. The van der Waals surface area contributed by atoms with Gasteiger partial charge in [0.1, 0.15) is 11.0 Å². The zero-order valence-electron chi connectivity index (χ0n) is 13.8. The normalized spacial score (nSPS) is 15.4. The number of rotatable bonds is 4. The first-order valence-electron chi connectivity index (χ1n) is 8.02. The average Bonchev–Trinajstić information content (AvgIpc) is 2.59. The molecule has 0 N–H and O–H groups in total. The van der Waals surface area contributed by atoms with Crippen molar-refractivity contribution in [1.29, 1.82) is 0 Å². The lowest BCUT2D eigenvalue weighted by Gasteiger charge is -2.36. The van der Waals surface area contributed by atoms with Crippen molar-refractivity contribution in [2.45, 2.75) is 13.5 Å². The minimum Gasteiger partial charge on any atom is -0.367 e. The van der Waals surface area contributed by atoms with Crippen LogP contribution in [0.1, 0.15) is 22.8 Å². The van der Waals surface area contributed by atoms with Gasteiger partial charge in [0.15, 0.2) is 5.78 Å². The van der Waals surface area contributed by atoms with E-state index in [4.69, 9.17) is 23.2 Å². The number of nitrogens with zero attached hydrogens (tertiary/aromatic N) is 3. The number of hydrogen-bond acceptors (Lipinski definition) is 4. The molecule has 0 atom stereocenters. The van der Waals surface area contributed by atoms with E-state index in [1.54, 1.807) is 18.3 Å². The average molecular weight is 382 g/mol. The first-order chi connectivity index (χ1) is 12.0. The first kappa shape index (κ1) is 18.1. The maximum absolute atomic E-state index is 14.3. The van der Waals surface area contributed by atoms with Crippen LogP contribution < -0.4 is 4.90 Å². The number of carbonyl (C=O) groups is 1. The van der Waals surface area contributed by atoms with Gasteiger partial charge in [0.2, 0.25) is 0 Å². The summed E-state index contributed by atoms with van der Waals surface area (Å²) >= 11 is 12.1. The molecule has 1 aliphatic rings. The predicted molar refractivity (Wildman–Crippen MR) is 98.2 cm³/mol. The fourth-order valence-electron chi connectivity index (χ4n) is 2.95. The largest absolute Gasteiger partial charge is 0.367 e. The molecule has 0 spiro atoms. The van der Waals surface area contributed by atoms with Crippen molar-refractivity contribution in [2.75, 3.05) is 31.1 Å². The summed E-state index contributed by atoms with van der Waals surface area (Å²) in [7, 11) is 0. The second kappa shape index (κ2) is 7.68. The fraction of sp³-hybridized carbons (Fsp3) is 0.333. The van der Waals surface area contributed by atoms with E-state index in [0.717, 1.165) is 18.7 Å². The summed E-state index contributed by atoms with van der Waals surface area (Å²) in [6, 6.07) is 6.52. The molecule has 0 radical (unpaired) electrons. The summed E-state index contributed by atoms with van der Waals surface area (Å²) in [5.74, 6) is -0.492. The Labute approximate surface area is 156 Å². The molecule has 2 aromatic rings. The molecule has 1 aromatic carbocycles. The highest BCUT2D eigenvalue weighted by Crippen LogP contribution is 2.26. The quantitative estimate of drug-likeness (QED) is 0.591. The van der Waals surface area contributed by atoms with Gasteiger partial charge in [-0.3, -0.25) is 9.69 Å².